The molecule has 1 aliphatic rings. The molecular weight excluding hydrogens is 186 g/mol. The molecular formula is C13H27NO. The number of ether oxygens (including phenoxy) is 1. The zero-order valence-electron chi connectivity index (χ0n) is 11.0. The average Bonchev–Trinajstić information content (AvgIpc) is 2.16. The van der Waals surface area contributed by atoms with Crippen LogP contribution in [0.2, 0.25) is 0 Å². The maximum absolute atomic E-state index is 5.76. The molecule has 0 spiro atoms. The third kappa shape index (κ3) is 4.12. The fourth-order valence-electron chi connectivity index (χ4n) is 2.09. The molecule has 1 fully saturated rings. The molecule has 1 rings (SSSR count). The Bertz CT molecular complexity index is 181. The normalized spacial score (nSPS) is 22.6. The molecule has 0 amide bonds. The molecule has 0 saturated carbocycles. The van der Waals surface area contributed by atoms with Gasteiger partial charge in [0.15, 0.2) is 0 Å². The molecule has 0 aromatic heterocycles. The van der Waals surface area contributed by atoms with Crippen LogP contribution in [0.15, 0.2) is 0 Å². The number of hydrogen-bond donors (Lipinski definition) is 0. The lowest BCUT2D eigenvalue weighted by Gasteiger charge is -2.41. The molecule has 90 valence electrons. The molecule has 0 aliphatic carbocycles. The van der Waals surface area contributed by atoms with Crippen molar-refractivity contribution in [1.29, 1.82) is 0 Å². The van der Waals surface area contributed by atoms with E-state index in [9.17, 15) is 0 Å². The molecule has 1 aliphatic heterocycles. The van der Waals surface area contributed by atoms with Crippen LogP contribution < -0.4 is 0 Å². The van der Waals surface area contributed by atoms with Gasteiger partial charge in [-0.1, -0.05) is 6.92 Å². The third-order valence-corrected chi connectivity index (χ3v) is 3.50. The van der Waals surface area contributed by atoms with E-state index in [0.717, 1.165) is 6.61 Å². The SMILES string of the molecule is CC(C)OCC1(C)CCN(C(C)C)CC1. The van der Waals surface area contributed by atoms with Crippen molar-refractivity contribution < 1.29 is 4.74 Å². The van der Waals surface area contributed by atoms with Crippen LogP contribution in [0, 0.1) is 5.41 Å². The molecule has 15 heavy (non-hydrogen) atoms. The second kappa shape index (κ2) is 5.31. The van der Waals surface area contributed by atoms with E-state index >= 15 is 0 Å². The minimum Gasteiger partial charge on any atom is -0.378 e. The Morgan fingerprint density at radius 2 is 1.67 bits per heavy atom. The zero-order chi connectivity index (χ0) is 11.5. The van der Waals surface area contributed by atoms with Gasteiger partial charge in [0.1, 0.15) is 0 Å². The Hall–Kier alpha value is -0.0800. The Balaban J connectivity index is 2.34. The maximum Gasteiger partial charge on any atom is 0.0524 e. The Kier molecular flexibility index (Phi) is 4.60. The van der Waals surface area contributed by atoms with Crippen LogP contribution in [0.1, 0.15) is 47.5 Å². The van der Waals surface area contributed by atoms with Gasteiger partial charge in [0, 0.05) is 6.04 Å². The van der Waals surface area contributed by atoms with Crippen molar-refractivity contribution >= 4 is 0 Å². The predicted octanol–water partition coefficient (Wildman–Crippen LogP) is 2.92. The predicted molar refractivity (Wildman–Crippen MR) is 65.1 cm³/mol. The summed E-state index contributed by atoms with van der Waals surface area (Å²) in [6.07, 6.45) is 2.92. The van der Waals surface area contributed by atoms with Crippen molar-refractivity contribution in [3.8, 4) is 0 Å². The summed E-state index contributed by atoms with van der Waals surface area (Å²) < 4.78 is 5.76. The molecule has 0 N–H and O–H groups in total. The minimum absolute atomic E-state index is 0.366. The largest absolute Gasteiger partial charge is 0.378 e. The molecule has 1 saturated heterocycles. The molecule has 0 unspecified atom stereocenters. The van der Waals surface area contributed by atoms with Gasteiger partial charge < -0.3 is 9.64 Å². The van der Waals surface area contributed by atoms with Gasteiger partial charge in [-0.05, 0) is 59.0 Å². The van der Waals surface area contributed by atoms with E-state index in [1.807, 2.05) is 0 Å². The zero-order valence-corrected chi connectivity index (χ0v) is 11.0. The van der Waals surface area contributed by atoms with E-state index in [1.54, 1.807) is 0 Å². The topological polar surface area (TPSA) is 12.5 Å². The van der Waals surface area contributed by atoms with Gasteiger partial charge in [0.05, 0.1) is 12.7 Å². The first-order valence-corrected chi connectivity index (χ1v) is 6.29. The smallest absolute Gasteiger partial charge is 0.0524 e. The van der Waals surface area contributed by atoms with E-state index < -0.39 is 0 Å². The third-order valence-electron chi connectivity index (χ3n) is 3.50. The summed E-state index contributed by atoms with van der Waals surface area (Å²) in [7, 11) is 0. The van der Waals surface area contributed by atoms with Gasteiger partial charge in [0.2, 0.25) is 0 Å². The van der Waals surface area contributed by atoms with E-state index in [4.69, 9.17) is 4.74 Å². The molecule has 2 nitrogen and oxygen atoms in total. The summed E-state index contributed by atoms with van der Waals surface area (Å²) in [5, 5.41) is 0. The fraction of sp³-hybridized carbons (Fsp3) is 1.00. The molecule has 2 heteroatoms. The van der Waals surface area contributed by atoms with Crippen molar-refractivity contribution in [3.63, 3.8) is 0 Å². The second-order valence-electron chi connectivity index (χ2n) is 5.80. The second-order valence-corrected chi connectivity index (χ2v) is 5.80. The number of piperidine rings is 1. The summed E-state index contributed by atoms with van der Waals surface area (Å²) in [6.45, 7) is 14.6. The number of likely N-dealkylation sites (tertiary alicyclic amines) is 1. The van der Waals surface area contributed by atoms with E-state index in [0.29, 0.717) is 17.6 Å². The molecule has 0 atom stereocenters. The lowest BCUT2D eigenvalue weighted by atomic mass is 9.81. The average molecular weight is 213 g/mol. The van der Waals surface area contributed by atoms with Crippen LogP contribution in [0.4, 0.5) is 0 Å². The summed E-state index contributed by atoms with van der Waals surface area (Å²) in [6, 6.07) is 0.695. The van der Waals surface area contributed by atoms with Crippen molar-refractivity contribution in [1.82, 2.24) is 4.90 Å². The molecule has 0 aromatic rings. The Morgan fingerprint density at radius 3 is 2.07 bits per heavy atom. The van der Waals surface area contributed by atoms with Crippen molar-refractivity contribution in [3.05, 3.63) is 0 Å². The quantitative estimate of drug-likeness (QED) is 0.712. The van der Waals surface area contributed by atoms with Gasteiger partial charge in [-0.15, -0.1) is 0 Å². The molecule has 1 heterocycles. The first-order valence-electron chi connectivity index (χ1n) is 6.29. The van der Waals surface area contributed by atoms with Crippen molar-refractivity contribution in [2.75, 3.05) is 19.7 Å². The van der Waals surface area contributed by atoms with Gasteiger partial charge >= 0.3 is 0 Å². The van der Waals surface area contributed by atoms with Crippen LogP contribution >= 0.6 is 0 Å². The maximum atomic E-state index is 5.76. The first-order chi connectivity index (χ1) is 6.93. The first kappa shape index (κ1) is 13.0. The lowest BCUT2D eigenvalue weighted by molar-refractivity contribution is -0.0196. The van der Waals surface area contributed by atoms with Gasteiger partial charge in [0.25, 0.3) is 0 Å². The van der Waals surface area contributed by atoms with Crippen molar-refractivity contribution in [2.45, 2.75) is 59.6 Å². The molecule has 0 bridgehead atoms. The fourth-order valence-corrected chi connectivity index (χ4v) is 2.09. The van der Waals surface area contributed by atoms with Crippen LogP contribution in [0.25, 0.3) is 0 Å². The number of rotatable bonds is 4. The highest BCUT2D eigenvalue weighted by Crippen LogP contribution is 2.32. The van der Waals surface area contributed by atoms with Crippen LogP contribution in [-0.4, -0.2) is 36.7 Å². The summed E-state index contributed by atoms with van der Waals surface area (Å²) in [5.41, 5.74) is 0.412. The minimum atomic E-state index is 0.366. The summed E-state index contributed by atoms with van der Waals surface area (Å²) in [4.78, 5) is 2.57. The van der Waals surface area contributed by atoms with Crippen LogP contribution in [0.5, 0.6) is 0 Å². The standard InChI is InChI=1S/C13H27NO/c1-11(2)14-8-6-13(5,7-9-14)10-15-12(3)4/h11-12H,6-10H2,1-5H3. The van der Waals surface area contributed by atoms with Crippen LogP contribution in [0.3, 0.4) is 0 Å². The highest BCUT2D eigenvalue weighted by Gasteiger charge is 2.31. The van der Waals surface area contributed by atoms with Crippen LogP contribution in [-0.2, 0) is 4.74 Å². The number of hydrogen-bond acceptors (Lipinski definition) is 2. The van der Waals surface area contributed by atoms with E-state index in [-0.39, 0.29) is 0 Å². The lowest BCUT2D eigenvalue weighted by Crippen LogP contribution is -2.44. The van der Waals surface area contributed by atoms with E-state index in [2.05, 4.69) is 39.5 Å². The van der Waals surface area contributed by atoms with E-state index in [1.165, 1.54) is 25.9 Å². The molecule has 0 radical (unpaired) electrons. The summed E-state index contributed by atoms with van der Waals surface area (Å²) in [5.74, 6) is 0. The van der Waals surface area contributed by atoms with Gasteiger partial charge in [-0.25, -0.2) is 0 Å². The van der Waals surface area contributed by atoms with Crippen molar-refractivity contribution in [2.24, 2.45) is 5.41 Å². The Morgan fingerprint density at radius 1 is 1.13 bits per heavy atom. The molecule has 0 aromatic carbocycles. The highest BCUT2D eigenvalue weighted by atomic mass is 16.5. The Labute approximate surface area is 95.0 Å². The van der Waals surface area contributed by atoms with Gasteiger partial charge in [-0.3, -0.25) is 0 Å². The number of nitrogens with zero attached hydrogens (tertiary/aromatic N) is 1. The monoisotopic (exact) mass is 213 g/mol. The highest BCUT2D eigenvalue weighted by molar-refractivity contribution is 4.83. The summed E-state index contributed by atoms with van der Waals surface area (Å²) >= 11 is 0. The van der Waals surface area contributed by atoms with Gasteiger partial charge in [-0.2, -0.15) is 0 Å².